The first-order chi connectivity index (χ1) is 10.0. The van der Waals surface area contributed by atoms with Crippen LogP contribution in [0, 0.1) is 5.92 Å². The minimum absolute atomic E-state index is 0.0844. The summed E-state index contributed by atoms with van der Waals surface area (Å²) < 4.78 is 4.77. The molecule has 7 heteroatoms. The third kappa shape index (κ3) is 3.75. The van der Waals surface area contributed by atoms with Crippen LogP contribution in [0.1, 0.15) is 6.42 Å². The minimum atomic E-state index is -0.711. The van der Waals surface area contributed by atoms with Crippen LogP contribution in [0.3, 0.4) is 0 Å². The fraction of sp³-hybridized carbons (Fsp3) is 0.357. The molecule has 1 aromatic rings. The van der Waals surface area contributed by atoms with Gasteiger partial charge >= 0.3 is 5.97 Å². The fourth-order valence-electron chi connectivity index (χ4n) is 2.15. The first-order valence-electron chi connectivity index (χ1n) is 6.40. The monoisotopic (exact) mass is 308 g/mol. The molecule has 1 heterocycles. The van der Waals surface area contributed by atoms with Crippen LogP contribution in [-0.4, -0.2) is 37.2 Å². The van der Waals surface area contributed by atoms with E-state index < -0.39 is 24.4 Å². The molecule has 112 valence electrons. The number of thioether (sulfide) groups is 1. The second-order valence-corrected chi connectivity index (χ2v) is 5.56. The van der Waals surface area contributed by atoms with E-state index in [1.54, 1.807) is 16.7 Å². The number of anilines is 1. The van der Waals surface area contributed by atoms with Gasteiger partial charge in [-0.1, -0.05) is 6.07 Å². The first-order valence-corrected chi connectivity index (χ1v) is 7.63. The molecule has 0 bridgehead atoms. The number of nitrogens with zero attached hydrogens (tertiary/aromatic N) is 1. The number of amides is 2. The lowest BCUT2D eigenvalue weighted by Gasteiger charge is -2.17. The summed E-state index contributed by atoms with van der Waals surface area (Å²) >= 11 is 1.58. The van der Waals surface area contributed by atoms with Crippen LogP contribution in [-0.2, 0) is 19.1 Å². The molecule has 2 N–H and O–H groups in total. The SMILES string of the molecule is CSc1cccc(N2C[C@H](C(=O)OCC(N)=O)CC2=O)c1. The van der Waals surface area contributed by atoms with Crippen molar-refractivity contribution in [2.75, 3.05) is 24.3 Å². The Balaban J connectivity index is 2.05. The minimum Gasteiger partial charge on any atom is -0.455 e. The Hall–Kier alpha value is -2.02. The van der Waals surface area contributed by atoms with E-state index >= 15 is 0 Å². The highest BCUT2D eigenvalue weighted by molar-refractivity contribution is 7.98. The van der Waals surface area contributed by atoms with Crippen LogP contribution in [0.5, 0.6) is 0 Å². The predicted molar refractivity (Wildman–Crippen MR) is 78.8 cm³/mol. The Morgan fingerprint density at radius 3 is 2.90 bits per heavy atom. The fourth-order valence-corrected chi connectivity index (χ4v) is 2.61. The number of hydrogen-bond donors (Lipinski definition) is 1. The number of benzene rings is 1. The van der Waals surface area contributed by atoms with E-state index in [-0.39, 0.29) is 18.9 Å². The Kier molecular flexibility index (Phi) is 4.85. The maximum atomic E-state index is 12.0. The van der Waals surface area contributed by atoms with Crippen molar-refractivity contribution in [3.63, 3.8) is 0 Å². The number of carbonyl (C=O) groups excluding carboxylic acids is 3. The molecule has 1 atom stereocenters. The van der Waals surface area contributed by atoms with Crippen molar-refractivity contribution < 1.29 is 19.1 Å². The van der Waals surface area contributed by atoms with Crippen molar-refractivity contribution in [2.45, 2.75) is 11.3 Å². The van der Waals surface area contributed by atoms with Crippen LogP contribution in [0.25, 0.3) is 0 Å². The molecular formula is C14H16N2O4S. The van der Waals surface area contributed by atoms with Crippen molar-refractivity contribution >= 4 is 35.2 Å². The molecule has 0 saturated carbocycles. The van der Waals surface area contributed by atoms with Gasteiger partial charge in [-0.25, -0.2) is 0 Å². The van der Waals surface area contributed by atoms with Crippen LogP contribution in [0.2, 0.25) is 0 Å². The molecule has 0 radical (unpaired) electrons. The van der Waals surface area contributed by atoms with E-state index in [1.807, 2.05) is 30.5 Å². The van der Waals surface area contributed by atoms with Gasteiger partial charge in [-0.05, 0) is 24.5 Å². The van der Waals surface area contributed by atoms with Crippen molar-refractivity contribution in [1.29, 1.82) is 0 Å². The summed E-state index contributed by atoms with van der Waals surface area (Å²) in [5, 5.41) is 0. The summed E-state index contributed by atoms with van der Waals surface area (Å²) in [6.45, 7) is -0.195. The molecule has 0 aromatic heterocycles. The highest BCUT2D eigenvalue weighted by atomic mass is 32.2. The average Bonchev–Trinajstić information content (AvgIpc) is 2.87. The molecule has 21 heavy (non-hydrogen) atoms. The number of carbonyl (C=O) groups is 3. The maximum Gasteiger partial charge on any atom is 0.311 e. The van der Waals surface area contributed by atoms with E-state index in [4.69, 9.17) is 10.5 Å². The quantitative estimate of drug-likeness (QED) is 0.641. The van der Waals surface area contributed by atoms with Crippen LogP contribution in [0.4, 0.5) is 5.69 Å². The summed E-state index contributed by atoms with van der Waals surface area (Å²) in [6.07, 6.45) is 2.04. The molecule has 1 fully saturated rings. The molecule has 1 aliphatic heterocycles. The highest BCUT2D eigenvalue weighted by Gasteiger charge is 2.36. The summed E-state index contributed by atoms with van der Waals surface area (Å²) in [5.74, 6) is -1.97. The van der Waals surface area contributed by atoms with Gasteiger partial charge in [-0.2, -0.15) is 0 Å². The highest BCUT2D eigenvalue weighted by Crippen LogP contribution is 2.28. The number of rotatable bonds is 5. The zero-order valence-corrected chi connectivity index (χ0v) is 12.4. The van der Waals surface area contributed by atoms with Gasteiger partial charge in [-0.3, -0.25) is 14.4 Å². The van der Waals surface area contributed by atoms with Gasteiger partial charge in [0.2, 0.25) is 5.91 Å². The Labute approximate surface area is 126 Å². The van der Waals surface area contributed by atoms with Gasteiger partial charge in [0, 0.05) is 23.5 Å². The van der Waals surface area contributed by atoms with E-state index in [0.29, 0.717) is 0 Å². The summed E-state index contributed by atoms with van der Waals surface area (Å²) in [5.41, 5.74) is 5.68. The molecule has 0 spiro atoms. The molecule has 0 aliphatic carbocycles. The van der Waals surface area contributed by atoms with Crippen LogP contribution >= 0.6 is 11.8 Å². The van der Waals surface area contributed by atoms with Crippen molar-refractivity contribution in [2.24, 2.45) is 11.7 Å². The molecule has 2 rings (SSSR count). The Morgan fingerprint density at radius 1 is 1.48 bits per heavy atom. The Morgan fingerprint density at radius 2 is 2.24 bits per heavy atom. The smallest absolute Gasteiger partial charge is 0.311 e. The predicted octanol–water partition coefficient (Wildman–Crippen LogP) is 0.790. The van der Waals surface area contributed by atoms with Gasteiger partial charge in [0.15, 0.2) is 6.61 Å². The molecule has 2 amide bonds. The van der Waals surface area contributed by atoms with Gasteiger partial charge in [0.05, 0.1) is 5.92 Å². The van der Waals surface area contributed by atoms with Gasteiger partial charge in [0.25, 0.3) is 5.91 Å². The first kappa shape index (κ1) is 15.4. The van der Waals surface area contributed by atoms with Gasteiger partial charge in [-0.15, -0.1) is 11.8 Å². The van der Waals surface area contributed by atoms with E-state index in [2.05, 4.69) is 0 Å². The third-order valence-electron chi connectivity index (χ3n) is 3.18. The summed E-state index contributed by atoms with van der Waals surface area (Å²) in [4.78, 5) is 37.0. The second-order valence-electron chi connectivity index (χ2n) is 4.68. The molecule has 1 aromatic carbocycles. The lowest BCUT2D eigenvalue weighted by molar-refractivity contribution is -0.151. The van der Waals surface area contributed by atoms with Crippen molar-refractivity contribution in [1.82, 2.24) is 0 Å². The van der Waals surface area contributed by atoms with Crippen LogP contribution < -0.4 is 10.6 Å². The van der Waals surface area contributed by atoms with Crippen molar-refractivity contribution in [3.8, 4) is 0 Å². The Bertz CT molecular complexity index is 576. The lowest BCUT2D eigenvalue weighted by Crippen LogP contribution is -2.28. The third-order valence-corrected chi connectivity index (χ3v) is 3.91. The maximum absolute atomic E-state index is 12.0. The summed E-state index contributed by atoms with van der Waals surface area (Å²) in [6, 6.07) is 7.55. The molecule has 1 aliphatic rings. The number of esters is 1. The average molecular weight is 308 g/mol. The molecule has 0 unspecified atom stereocenters. The lowest BCUT2D eigenvalue weighted by atomic mass is 10.1. The second kappa shape index (κ2) is 6.62. The molecular weight excluding hydrogens is 292 g/mol. The number of nitrogens with two attached hydrogens (primary N) is 1. The zero-order chi connectivity index (χ0) is 15.4. The number of hydrogen-bond acceptors (Lipinski definition) is 5. The molecule has 6 nitrogen and oxygen atoms in total. The summed E-state index contributed by atoms with van der Waals surface area (Å²) in [7, 11) is 0. The van der Waals surface area contributed by atoms with Gasteiger partial charge < -0.3 is 15.4 Å². The number of primary amides is 1. The number of ether oxygens (including phenoxy) is 1. The van der Waals surface area contributed by atoms with E-state index in [9.17, 15) is 14.4 Å². The van der Waals surface area contributed by atoms with E-state index in [1.165, 1.54) is 0 Å². The van der Waals surface area contributed by atoms with E-state index in [0.717, 1.165) is 10.6 Å². The van der Waals surface area contributed by atoms with Crippen molar-refractivity contribution in [3.05, 3.63) is 24.3 Å². The standard InChI is InChI=1S/C14H16N2O4S/c1-21-11-4-2-3-10(6-11)16-7-9(5-13(16)18)14(19)20-8-12(15)17/h2-4,6,9H,5,7-8H2,1H3,(H2,15,17)/t9-/m1/s1. The molecule has 1 saturated heterocycles. The zero-order valence-electron chi connectivity index (χ0n) is 11.6. The normalized spacial score (nSPS) is 17.9. The largest absolute Gasteiger partial charge is 0.455 e. The topological polar surface area (TPSA) is 89.7 Å². The van der Waals surface area contributed by atoms with Gasteiger partial charge in [0.1, 0.15) is 0 Å². The van der Waals surface area contributed by atoms with Crippen LogP contribution in [0.15, 0.2) is 29.2 Å².